The lowest BCUT2D eigenvalue weighted by molar-refractivity contribution is -0.385. The van der Waals surface area contributed by atoms with Gasteiger partial charge in [-0.25, -0.2) is 8.42 Å². The van der Waals surface area contributed by atoms with E-state index in [-0.39, 0.29) is 10.6 Å². The van der Waals surface area contributed by atoms with Crippen LogP contribution in [-0.2, 0) is 10.0 Å². The Bertz CT molecular complexity index is 576. The number of nitro groups is 1. The van der Waals surface area contributed by atoms with Crippen LogP contribution in [0.25, 0.3) is 0 Å². The largest absolute Gasteiger partial charge is 0.270 e. The molecule has 8 heteroatoms. The van der Waals surface area contributed by atoms with Gasteiger partial charge in [0.1, 0.15) is 6.04 Å². The van der Waals surface area contributed by atoms with E-state index < -0.39 is 21.0 Å². The quantitative estimate of drug-likeness (QED) is 0.631. The number of hydrogen-bond acceptors (Lipinski definition) is 5. The van der Waals surface area contributed by atoms with Crippen molar-refractivity contribution in [1.29, 1.82) is 5.26 Å². The number of nitrogens with one attached hydrogen (secondary N) is 1. The second-order valence-corrected chi connectivity index (χ2v) is 4.94. The average Bonchev–Trinajstić information content (AvgIpc) is 2.28. The molecule has 7 nitrogen and oxygen atoms in total. The first-order chi connectivity index (χ1) is 7.86. The minimum atomic E-state index is -3.90. The van der Waals surface area contributed by atoms with E-state index in [1.54, 1.807) is 6.07 Å². The fraction of sp³-hybridized carbons (Fsp3) is 0.222. The van der Waals surface area contributed by atoms with E-state index in [1.807, 2.05) is 0 Å². The van der Waals surface area contributed by atoms with E-state index in [4.69, 9.17) is 5.26 Å². The zero-order valence-corrected chi connectivity index (χ0v) is 9.64. The van der Waals surface area contributed by atoms with Gasteiger partial charge in [0, 0.05) is 12.1 Å². The summed E-state index contributed by atoms with van der Waals surface area (Å²) < 4.78 is 25.5. The Morgan fingerprint density at radius 2 is 2.18 bits per heavy atom. The summed E-state index contributed by atoms with van der Waals surface area (Å²) in [5.74, 6) is 0. The van der Waals surface area contributed by atoms with E-state index >= 15 is 0 Å². The first-order valence-corrected chi connectivity index (χ1v) is 6.01. The van der Waals surface area contributed by atoms with Crippen LogP contribution in [0.4, 0.5) is 5.69 Å². The molecule has 1 aromatic carbocycles. The first kappa shape index (κ1) is 13.1. The molecule has 0 aromatic heterocycles. The molecule has 1 N–H and O–H groups in total. The zero-order chi connectivity index (χ0) is 13.1. The van der Waals surface area contributed by atoms with Crippen molar-refractivity contribution in [2.75, 3.05) is 0 Å². The van der Waals surface area contributed by atoms with Gasteiger partial charge < -0.3 is 0 Å². The lowest BCUT2D eigenvalue weighted by Crippen LogP contribution is -2.31. The maximum Gasteiger partial charge on any atom is 0.270 e. The van der Waals surface area contributed by atoms with Crippen molar-refractivity contribution < 1.29 is 13.3 Å². The summed E-state index contributed by atoms with van der Waals surface area (Å²) >= 11 is 0. The summed E-state index contributed by atoms with van der Waals surface area (Å²) in [6.07, 6.45) is 0. The van der Waals surface area contributed by atoms with Crippen LogP contribution in [0.2, 0.25) is 0 Å². The molecule has 0 amide bonds. The Balaban J connectivity index is 3.12. The van der Waals surface area contributed by atoms with Gasteiger partial charge in [0.2, 0.25) is 10.0 Å². The van der Waals surface area contributed by atoms with Crippen LogP contribution in [0, 0.1) is 21.4 Å². The Morgan fingerprint density at radius 1 is 1.53 bits per heavy atom. The molecular weight excluding hydrogens is 246 g/mol. The van der Waals surface area contributed by atoms with Crippen LogP contribution in [0.15, 0.2) is 29.2 Å². The van der Waals surface area contributed by atoms with E-state index in [2.05, 4.69) is 4.72 Å². The summed E-state index contributed by atoms with van der Waals surface area (Å²) in [5.41, 5.74) is -0.322. The van der Waals surface area contributed by atoms with Gasteiger partial charge >= 0.3 is 0 Å². The van der Waals surface area contributed by atoms with Crippen molar-refractivity contribution in [1.82, 2.24) is 4.72 Å². The van der Waals surface area contributed by atoms with E-state index in [0.29, 0.717) is 0 Å². The van der Waals surface area contributed by atoms with Crippen molar-refractivity contribution in [3.63, 3.8) is 0 Å². The Kier molecular flexibility index (Phi) is 3.77. The highest BCUT2D eigenvalue weighted by atomic mass is 32.2. The molecule has 0 aliphatic heterocycles. The maximum atomic E-state index is 11.7. The first-order valence-electron chi connectivity index (χ1n) is 4.53. The summed E-state index contributed by atoms with van der Waals surface area (Å²) in [7, 11) is -3.90. The highest BCUT2D eigenvalue weighted by Gasteiger charge is 2.19. The number of nitro benzene ring substituents is 1. The third-order valence-corrected chi connectivity index (χ3v) is 3.40. The van der Waals surface area contributed by atoms with Crippen LogP contribution in [0.5, 0.6) is 0 Å². The van der Waals surface area contributed by atoms with Gasteiger partial charge in [-0.3, -0.25) is 10.1 Å². The van der Waals surface area contributed by atoms with Crippen molar-refractivity contribution in [3.05, 3.63) is 34.4 Å². The third kappa shape index (κ3) is 3.24. The number of rotatable bonds is 4. The van der Waals surface area contributed by atoms with Gasteiger partial charge in [0.15, 0.2) is 0 Å². The molecule has 0 aliphatic rings. The standard InChI is InChI=1S/C9H9N3O4S/c1-7(6-10)11-17(15,16)9-4-2-3-8(5-9)12(13)14/h2-5,7,11H,1H3. The number of hydrogen-bond donors (Lipinski definition) is 1. The molecule has 0 spiro atoms. The van der Waals surface area contributed by atoms with Crippen LogP contribution in [0.1, 0.15) is 6.92 Å². The number of non-ortho nitro benzene ring substituents is 1. The van der Waals surface area contributed by atoms with Gasteiger partial charge in [0.25, 0.3) is 5.69 Å². The fourth-order valence-electron chi connectivity index (χ4n) is 1.09. The van der Waals surface area contributed by atoms with Crippen LogP contribution < -0.4 is 4.72 Å². The molecule has 1 atom stereocenters. The molecule has 0 saturated carbocycles. The van der Waals surface area contributed by atoms with Crippen LogP contribution >= 0.6 is 0 Å². The molecule has 1 rings (SSSR count). The summed E-state index contributed by atoms with van der Waals surface area (Å²) in [4.78, 5) is 9.57. The zero-order valence-electron chi connectivity index (χ0n) is 8.82. The van der Waals surface area contributed by atoms with Crippen LogP contribution in [-0.4, -0.2) is 19.4 Å². The van der Waals surface area contributed by atoms with E-state index in [1.165, 1.54) is 25.1 Å². The highest BCUT2D eigenvalue weighted by Crippen LogP contribution is 2.17. The van der Waals surface area contributed by atoms with Crippen molar-refractivity contribution in [3.8, 4) is 6.07 Å². The maximum absolute atomic E-state index is 11.7. The van der Waals surface area contributed by atoms with Crippen molar-refractivity contribution >= 4 is 15.7 Å². The number of nitriles is 1. The van der Waals surface area contributed by atoms with Crippen molar-refractivity contribution in [2.24, 2.45) is 0 Å². The third-order valence-electron chi connectivity index (χ3n) is 1.86. The normalized spacial score (nSPS) is 12.7. The van der Waals surface area contributed by atoms with Crippen molar-refractivity contribution in [2.45, 2.75) is 17.9 Å². The van der Waals surface area contributed by atoms with Gasteiger partial charge in [0.05, 0.1) is 15.9 Å². The second kappa shape index (κ2) is 4.90. The molecule has 0 saturated heterocycles. The van der Waals surface area contributed by atoms with E-state index in [0.717, 1.165) is 6.07 Å². The molecule has 0 heterocycles. The fourth-order valence-corrected chi connectivity index (χ4v) is 2.28. The molecule has 90 valence electrons. The SMILES string of the molecule is CC(C#N)NS(=O)(=O)c1cccc([N+](=O)[O-])c1. The minimum absolute atomic E-state index is 0.242. The van der Waals surface area contributed by atoms with Gasteiger partial charge in [-0.15, -0.1) is 0 Å². The molecule has 1 unspecified atom stereocenters. The molecular formula is C9H9N3O4S. The second-order valence-electron chi connectivity index (χ2n) is 3.23. The number of nitrogens with zero attached hydrogens (tertiary/aromatic N) is 2. The summed E-state index contributed by atoms with van der Waals surface area (Å²) in [5, 5.41) is 19.0. The molecule has 0 radical (unpaired) electrons. The summed E-state index contributed by atoms with van der Waals surface area (Å²) in [6, 6.07) is 5.41. The van der Waals surface area contributed by atoms with Gasteiger partial charge in [-0.2, -0.15) is 9.98 Å². The minimum Gasteiger partial charge on any atom is -0.258 e. The Hall–Kier alpha value is -1.98. The molecule has 0 fully saturated rings. The predicted molar refractivity (Wildman–Crippen MR) is 58.5 cm³/mol. The van der Waals surface area contributed by atoms with Crippen LogP contribution in [0.3, 0.4) is 0 Å². The molecule has 1 aromatic rings. The average molecular weight is 255 g/mol. The Morgan fingerprint density at radius 3 is 2.71 bits per heavy atom. The lowest BCUT2D eigenvalue weighted by Gasteiger charge is -2.07. The number of sulfonamides is 1. The Labute approximate surface area is 97.9 Å². The molecule has 0 bridgehead atoms. The van der Waals surface area contributed by atoms with E-state index in [9.17, 15) is 18.5 Å². The number of benzene rings is 1. The highest BCUT2D eigenvalue weighted by molar-refractivity contribution is 7.89. The topological polar surface area (TPSA) is 113 Å². The van der Waals surface area contributed by atoms with Gasteiger partial charge in [-0.05, 0) is 13.0 Å². The predicted octanol–water partition coefficient (Wildman–Crippen LogP) is 0.785. The lowest BCUT2D eigenvalue weighted by atomic mass is 10.3. The smallest absolute Gasteiger partial charge is 0.258 e. The molecule has 0 aliphatic carbocycles. The van der Waals surface area contributed by atoms with Gasteiger partial charge in [-0.1, -0.05) is 6.07 Å². The monoisotopic (exact) mass is 255 g/mol. The molecule has 17 heavy (non-hydrogen) atoms. The summed E-state index contributed by atoms with van der Waals surface area (Å²) in [6.45, 7) is 1.37.